The van der Waals surface area contributed by atoms with E-state index in [9.17, 15) is 0 Å². The third kappa shape index (κ3) is 4.97. The molecule has 0 saturated heterocycles. The molecule has 0 aromatic heterocycles. The number of anilines is 1. The number of hydrogen-bond acceptors (Lipinski definition) is 2. The minimum atomic E-state index is -0.0420. The summed E-state index contributed by atoms with van der Waals surface area (Å²) in [6.45, 7) is 4.23. The summed E-state index contributed by atoms with van der Waals surface area (Å²) in [5.74, 6) is 0. The van der Waals surface area contributed by atoms with Gasteiger partial charge in [0, 0.05) is 5.69 Å². The summed E-state index contributed by atoms with van der Waals surface area (Å²) < 4.78 is 0. The molecule has 3 aromatic carbocycles. The molecule has 0 heterocycles. The maximum atomic E-state index is 8.79. The molecule has 0 aliphatic rings. The van der Waals surface area contributed by atoms with Crippen LogP contribution in [0.15, 0.2) is 72.8 Å². The van der Waals surface area contributed by atoms with Crippen molar-refractivity contribution in [3.8, 4) is 6.07 Å². The van der Waals surface area contributed by atoms with Crippen LogP contribution in [0.5, 0.6) is 0 Å². The van der Waals surface area contributed by atoms with Crippen LogP contribution >= 0.6 is 12.2 Å². The molecule has 3 nitrogen and oxygen atoms in total. The average Bonchev–Trinajstić information content (AvgIpc) is 2.69. The van der Waals surface area contributed by atoms with E-state index < -0.39 is 0 Å². The zero-order valence-corrected chi connectivity index (χ0v) is 16.9. The van der Waals surface area contributed by atoms with Gasteiger partial charge in [0.2, 0.25) is 0 Å². The van der Waals surface area contributed by atoms with Gasteiger partial charge < -0.3 is 10.6 Å². The van der Waals surface area contributed by atoms with Gasteiger partial charge in [-0.05, 0) is 60.5 Å². The van der Waals surface area contributed by atoms with Crippen LogP contribution in [-0.2, 0) is 6.42 Å². The van der Waals surface area contributed by atoms with Gasteiger partial charge in [0.05, 0.1) is 18.5 Å². The van der Waals surface area contributed by atoms with Gasteiger partial charge in [-0.25, -0.2) is 0 Å². The molecule has 2 N–H and O–H groups in total. The van der Waals surface area contributed by atoms with Crippen LogP contribution in [0, 0.1) is 25.2 Å². The Morgan fingerprint density at radius 2 is 1.71 bits per heavy atom. The van der Waals surface area contributed by atoms with Gasteiger partial charge in [-0.2, -0.15) is 5.26 Å². The molecule has 0 spiro atoms. The molecule has 140 valence electrons. The molecule has 4 heteroatoms. The standard InChI is InChI=1S/C24H23N3S/c1-17-8-13-22(18(2)16-17)23(20-6-4-3-5-7-20)27-24(28)26-21-11-9-19(10-12-21)14-15-25/h3-13,16,23H,14H2,1-2H3,(H2,26,27,28). The Kier molecular flexibility index (Phi) is 6.41. The summed E-state index contributed by atoms with van der Waals surface area (Å²) in [5.41, 5.74) is 6.71. The largest absolute Gasteiger partial charge is 0.352 e. The Balaban J connectivity index is 1.81. The molecule has 0 saturated carbocycles. The summed E-state index contributed by atoms with van der Waals surface area (Å²) in [6, 6.07) is 26.7. The second kappa shape index (κ2) is 9.16. The Morgan fingerprint density at radius 3 is 2.36 bits per heavy atom. The Morgan fingerprint density at radius 1 is 1.00 bits per heavy atom. The monoisotopic (exact) mass is 385 g/mol. The van der Waals surface area contributed by atoms with Crippen molar-refractivity contribution in [2.45, 2.75) is 26.3 Å². The minimum absolute atomic E-state index is 0.0420. The minimum Gasteiger partial charge on any atom is -0.352 e. The maximum Gasteiger partial charge on any atom is 0.171 e. The molecule has 1 atom stereocenters. The Bertz CT molecular complexity index is 989. The first-order valence-electron chi connectivity index (χ1n) is 9.22. The van der Waals surface area contributed by atoms with Crippen LogP contribution in [-0.4, -0.2) is 5.11 Å². The normalized spacial score (nSPS) is 11.3. The van der Waals surface area contributed by atoms with Crippen LogP contribution < -0.4 is 10.6 Å². The van der Waals surface area contributed by atoms with Crippen molar-refractivity contribution in [1.82, 2.24) is 5.32 Å². The lowest BCUT2D eigenvalue weighted by atomic mass is 9.94. The van der Waals surface area contributed by atoms with Crippen molar-refractivity contribution in [3.05, 3.63) is 101 Å². The lowest BCUT2D eigenvalue weighted by molar-refractivity contribution is 0.762. The number of aryl methyl sites for hydroxylation is 2. The second-order valence-corrected chi connectivity index (χ2v) is 7.24. The van der Waals surface area contributed by atoms with E-state index in [1.165, 1.54) is 16.7 Å². The van der Waals surface area contributed by atoms with Crippen molar-refractivity contribution in [3.63, 3.8) is 0 Å². The Hall–Kier alpha value is -3.16. The van der Waals surface area contributed by atoms with Gasteiger partial charge in [-0.1, -0.05) is 66.2 Å². The number of thiocarbonyl (C=S) groups is 1. The lowest BCUT2D eigenvalue weighted by Crippen LogP contribution is -2.33. The number of rotatable bonds is 5. The van der Waals surface area contributed by atoms with Crippen molar-refractivity contribution in [2.75, 3.05) is 5.32 Å². The molecule has 0 amide bonds. The first kappa shape index (κ1) is 19.6. The second-order valence-electron chi connectivity index (χ2n) is 6.83. The van der Waals surface area contributed by atoms with Crippen LogP contribution in [0.4, 0.5) is 5.69 Å². The van der Waals surface area contributed by atoms with Gasteiger partial charge in [0.15, 0.2) is 5.11 Å². The zero-order valence-electron chi connectivity index (χ0n) is 16.1. The lowest BCUT2D eigenvalue weighted by Gasteiger charge is -2.24. The highest BCUT2D eigenvalue weighted by atomic mass is 32.1. The van der Waals surface area contributed by atoms with Crippen molar-refractivity contribution in [1.29, 1.82) is 5.26 Å². The van der Waals surface area contributed by atoms with Crippen LogP contribution in [0.25, 0.3) is 0 Å². The highest BCUT2D eigenvalue weighted by Crippen LogP contribution is 2.26. The van der Waals surface area contributed by atoms with Crippen LogP contribution in [0.2, 0.25) is 0 Å². The van der Waals surface area contributed by atoms with E-state index in [0.717, 1.165) is 16.8 Å². The van der Waals surface area contributed by atoms with E-state index in [1.54, 1.807) is 0 Å². The van der Waals surface area contributed by atoms with E-state index in [4.69, 9.17) is 17.5 Å². The van der Waals surface area contributed by atoms with Gasteiger partial charge in [0.25, 0.3) is 0 Å². The third-order valence-electron chi connectivity index (χ3n) is 4.64. The quantitative estimate of drug-likeness (QED) is 0.574. The highest BCUT2D eigenvalue weighted by Gasteiger charge is 2.17. The van der Waals surface area contributed by atoms with Gasteiger partial charge in [-0.15, -0.1) is 0 Å². The fourth-order valence-electron chi connectivity index (χ4n) is 3.23. The molecule has 0 aliphatic heterocycles. The van der Waals surface area contributed by atoms with E-state index in [2.05, 4.69) is 60.9 Å². The molecule has 28 heavy (non-hydrogen) atoms. The number of nitriles is 1. The zero-order chi connectivity index (χ0) is 19.9. The molecule has 3 rings (SSSR count). The van der Waals surface area contributed by atoms with Crippen LogP contribution in [0.3, 0.4) is 0 Å². The number of benzene rings is 3. The first-order valence-corrected chi connectivity index (χ1v) is 9.63. The molecular weight excluding hydrogens is 362 g/mol. The SMILES string of the molecule is Cc1ccc(C(NC(=S)Nc2ccc(CC#N)cc2)c2ccccc2)c(C)c1. The average molecular weight is 386 g/mol. The predicted octanol–water partition coefficient (Wildman–Crippen LogP) is 5.45. The number of hydrogen-bond donors (Lipinski definition) is 2. The van der Waals surface area contributed by atoms with E-state index in [-0.39, 0.29) is 6.04 Å². The number of nitrogens with zero attached hydrogens (tertiary/aromatic N) is 1. The fourth-order valence-corrected chi connectivity index (χ4v) is 3.47. The molecular formula is C24H23N3S. The van der Waals surface area contributed by atoms with E-state index in [1.807, 2.05) is 42.5 Å². The molecule has 0 fully saturated rings. The van der Waals surface area contributed by atoms with Crippen LogP contribution in [0.1, 0.15) is 33.9 Å². The van der Waals surface area contributed by atoms with E-state index in [0.29, 0.717) is 11.5 Å². The summed E-state index contributed by atoms with van der Waals surface area (Å²) in [6.07, 6.45) is 0.408. The van der Waals surface area contributed by atoms with Crippen molar-refractivity contribution in [2.24, 2.45) is 0 Å². The summed E-state index contributed by atoms with van der Waals surface area (Å²) in [5, 5.41) is 16.1. The van der Waals surface area contributed by atoms with Crippen molar-refractivity contribution < 1.29 is 0 Å². The first-order chi connectivity index (χ1) is 13.6. The predicted molar refractivity (Wildman–Crippen MR) is 119 cm³/mol. The van der Waals surface area contributed by atoms with Gasteiger partial charge in [-0.3, -0.25) is 0 Å². The number of nitrogens with one attached hydrogen (secondary N) is 2. The van der Waals surface area contributed by atoms with Gasteiger partial charge >= 0.3 is 0 Å². The smallest absolute Gasteiger partial charge is 0.171 e. The molecule has 3 aromatic rings. The third-order valence-corrected chi connectivity index (χ3v) is 4.86. The topological polar surface area (TPSA) is 47.8 Å². The maximum absolute atomic E-state index is 8.79. The molecule has 1 unspecified atom stereocenters. The highest BCUT2D eigenvalue weighted by molar-refractivity contribution is 7.80. The van der Waals surface area contributed by atoms with Crippen molar-refractivity contribution >= 4 is 23.0 Å². The van der Waals surface area contributed by atoms with Gasteiger partial charge in [0.1, 0.15) is 0 Å². The Labute approximate surface area is 172 Å². The molecule has 0 aliphatic carbocycles. The van der Waals surface area contributed by atoms with E-state index >= 15 is 0 Å². The fraction of sp³-hybridized carbons (Fsp3) is 0.167. The molecule has 0 bridgehead atoms. The summed E-state index contributed by atoms with van der Waals surface area (Å²) >= 11 is 5.59. The summed E-state index contributed by atoms with van der Waals surface area (Å²) in [7, 11) is 0. The molecule has 0 radical (unpaired) electrons. The summed E-state index contributed by atoms with van der Waals surface area (Å²) in [4.78, 5) is 0.